The van der Waals surface area contributed by atoms with Crippen molar-refractivity contribution in [2.45, 2.75) is 18.9 Å². The first-order valence-electron chi connectivity index (χ1n) is 7.51. The SMILES string of the molecule is NCC(CN1CCc2ccccc2C1)c1cccc(F)c1. The molecule has 1 unspecified atom stereocenters. The van der Waals surface area contributed by atoms with E-state index in [9.17, 15) is 4.39 Å². The fourth-order valence-electron chi connectivity index (χ4n) is 3.10. The third-order valence-corrected chi connectivity index (χ3v) is 4.29. The number of benzene rings is 2. The minimum absolute atomic E-state index is 0.185. The Labute approximate surface area is 125 Å². The first-order chi connectivity index (χ1) is 10.3. The fourth-order valence-corrected chi connectivity index (χ4v) is 3.10. The van der Waals surface area contributed by atoms with Gasteiger partial charge in [0.15, 0.2) is 0 Å². The van der Waals surface area contributed by atoms with Crippen LogP contribution in [0.1, 0.15) is 22.6 Å². The summed E-state index contributed by atoms with van der Waals surface area (Å²) in [6, 6.07) is 15.4. The molecule has 1 heterocycles. The van der Waals surface area contributed by atoms with Crippen LogP contribution in [0.15, 0.2) is 48.5 Å². The smallest absolute Gasteiger partial charge is 0.123 e. The highest BCUT2D eigenvalue weighted by molar-refractivity contribution is 5.29. The molecule has 0 aliphatic carbocycles. The van der Waals surface area contributed by atoms with Gasteiger partial charge in [-0.25, -0.2) is 4.39 Å². The summed E-state index contributed by atoms with van der Waals surface area (Å²) in [7, 11) is 0. The van der Waals surface area contributed by atoms with Gasteiger partial charge in [-0.2, -0.15) is 0 Å². The second kappa shape index (κ2) is 6.37. The maximum atomic E-state index is 13.4. The molecule has 0 saturated carbocycles. The lowest BCUT2D eigenvalue weighted by atomic mass is 9.95. The average Bonchev–Trinajstić information content (AvgIpc) is 2.52. The van der Waals surface area contributed by atoms with Crippen molar-refractivity contribution in [1.82, 2.24) is 4.90 Å². The molecule has 1 atom stereocenters. The lowest BCUT2D eigenvalue weighted by Crippen LogP contribution is -2.35. The Morgan fingerprint density at radius 3 is 2.67 bits per heavy atom. The van der Waals surface area contributed by atoms with Crippen LogP contribution in [0.2, 0.25) is 0 Å². The minimum atomic E-state index is -0.185. The number of fused-ring (bicyclic) bond motifs is 1. The number of rotatable bonds is 4. The zero-order valence-electron chi connectivity index (χ0n) is 12.1. The Kier molecular flexibility index (Phi) is 4.32. The number of hydrogen-bond donors (Lipinski definition) is 1. The highest BCUT2D eigenvalue weighted by Gasteiger charge is 2.20. The predicted molar refractivity (Wildman–Crippen MR) is 83.6 cm³/mol. The van der Waals surface area contributed by atoms with E-state index in [0.29, 0.717) is 6.54 Å². The number of halogens is 1. The summed E-state index contributed by atoms with van der Waals surface area (Å²) in [5.74, 6) is 0.000835. The van der Waals surface area contributed by atoms with Crippen molar-refractivity contribution in [1.29, 1.82) is 0 Å². The Hall–Kier alpha value is -1.71. The van der Waals surface area contributed by atoms with Gasteiger partial charge < -0.3 is 5.73 Å². The van der Waals surface area contributed by atoms with E-state index in [0.717, 1.165) is 31.6 Å². The monoisotopic (exact) mass is 284 g/mol. The summed E-state index contributed by atoms with van der Waals surface area (Å²) < 4.78 is 13.4. The van der Waals surface area contributed by atoms with Crippen molar-refractivity contribution in [3.63, 3.8) is 0 Å². The van der Waals surface area contributed by atoms with Crippen molar-refractivity contribution < 1.29 is 4.39 Å². The largest absolute Gasteiger partial charge is 0.330 e. The third-order valence-electron chi connectivity index (χ3n) is 4.29. The molecule has 110 valence electrons. The van der Waals surface area contributed by atoms with Crippen LogP contribution in [0.4, 0.5) is 4.39 Å². The van der Waals surface area contributed by atoms with Gasteiger partial charge in [0.2, 0.25) is 0 Å². The second-order valence-electron chi connectivity index (χ2n) is 5.74. The molecule has 1 aliphatic heterocycles. The molecule has 2 nitrogen and oxygen atoms in total. The molecule has 2 aromatic carbocycles. The van der Waals surface area contributed by atoms with Crippen LogP contribution in [0.5, 0.6) is 0 Å². The standard InChI is InChI=1S/C18H21FN2/c19-18-7-3-6-15(10-18)17(11-20)13-21-9-8-14-4-1-2-5-16(14)12-21/h1-7,10,17H,8-9,11-13,20H2. The van der Waals surface area contributed by atoms with Crippen molar-refractivity contribution in [3.8, 4) is 0 Å². The number of nitrogens with two attached hydrogens (primary N) is 1. The van der Waals surface area contributed by atoms with Crippen LogP contribution >= 0.6 is 0 Å². The summed E-state index contributed by atoms with van der Waals surface area (Å²) in [5, 5.41) is 0. The molecule has 3 heteroatoms. The number of nitrogens with zero attached hydrogens (tertiary/aromatic N) is 1. The van der Waals surface area contributed by atoms with Gasteiger partial charge in [-0.3, -0.25) is 4.90 Å². The molecule has 21 heavy (non-hydrogen) atoms. The first kappa shape index (κ1) is 14.2. The molecule has 2 N–H and O–H groups in total. The van der Waals surface area contributed by atoms with E-state index < -0.39 is 0 Å². The Bertz CT molecular complexity index is 612. The summed E-state index contributed by atoms with van der Waals surface area (Å²) in [6.45, 7) is 3.43. The highest BCUT2D eigenvalue weighted by atomic mass is 19.1. The zero-order valence-corrected chi connectivity index (χ0v) is 12.1. The van der Waals surface area contributed by atoms with E-state index in [4.69, 9.17) is 5.73 Å². The van der Waals surface area contributed by atoms with Crippen LogP contribution in [-0.2, 0) is 13.0 Å². The minimum Gasteiger partial charge on any atom is -0.330 e. The quantitative estimate of drug-likeness (QED) is 0.935. The molecule has 0 saturated heterocycles. The van der Waals surface area contributed by atoms with E-state index >= 15 is 0 Å². The van der Waals surface area contributed by atoms with E-state index in [-0.39, 0.29) is 11.7 Å². The molecule has 0 spiro atoms. The Morgan fingerprint density at radius 2 is 1.90 bits per heavy atom. The average molecular weight is 284 g/mol. The van der Waals surface area contributed by atoms with E-state index in [2.05, 4.69) is 29.2 Å². The number of hydrogen-bond acceptors (Lipinski definition) is 2. The molecule has 3 rings (SSSR count). The molecule has 0 radical (unpaired) electrons. The maximum absolute atomic E-state index is 13.4. The van der Waals surface area contributed by atoms with Crippen molar-refractivity contribution >= 4 is 0 Å². The van der Waals surface area contributed by atoms with Crippen LogP contribution in [-0.4, -0.2) is 24.5 Å². The summed E-state index contributed by atoms with van der Waals surface area (Å²) in [6.07, 6.45) is 1.08. The second-order valence-corrected chi connectivity index (χ2v) is 5.74. The molecule has 0 amide bonds. The zero-order chi connectivity index (χ0) is 14.7. The molecular weight excluding hydrogens is 263 g/mol. The first-order valence-corrected chi connectivity index (χ1v) is 7.51. The molecule has 0 aromatic heterocycles. The van der Waals surface area contributed by atoms with Gasteiger partial charge in [-0.15, -0.1) is 0 Å². The molecule has 0 fully saturated rings. The summed E-state index contributed by atoms with van der Waals surface area (Å²) in [5.41, 5.74) is 9.76. The van der Waals surface area contributed by atoms with Gasteiger partial charge in [0.05, 0.1) is 0 Å². The van der Waals surface area contributed by atoms with Crippen LogP contribution in [0, 0.1) is 5.82 Å². The van der Waals surface area contributed by atoms with Gasteiger partial charge in [0, 0.05) is 32.1 Å². The third kappa shape index (κ3) is 3.31. The molecule has 0 bridgehead atoms. The fraction of sp³-hybridized carbons (Fsp3) is 0.333. The lowest BCUT2D eigenvalue weighted by molar-refractivity contribution is 0.239. The van der Waals surface area contributed by atoms with Crippen molar-refractivity contribution in [2.24, 2.45) is 5.73 Å². The van der Waals surface area contributed by atoms with E-state index in [1.807, 2.05) is 6.07 Å². The van der Waals surface area contributed by atoms with Gasteiger partial charge in [0.1, 0.15) is 5.82 Å². The van der Waals surface area contributed by atoms with Crippen LogP contribution < -0.4 is 5.73 Å². The van der Waals surface area contributed by atoms with E-state index in [1.54, 1.807) is 12.1 Å². The van der Waals surface area contributed by atoms with Crippen LogP contribution in [0.25, 0.3) is 0 Å². The molecular formula is C18H21FN2. The lowest BCUT2D eigenvalue weighted by Gasteiger charge is -2.31. The van der Waals surface area contributed by atoms with Gasteiger partial charge in [-0.1, -0.05) is 36.4 Å². The summed E-state index contributed by atoms with van der Waals surface area (Å²) in [4.78, 5) is 2.42. The Balaban J connectivity index is 1.71. The topological polar surface area (TPSA) is 29.3 Å². The highest BCUT2D eigenvalue weighted by Crippen LogP contribution is 2.23. The van der Waals surface area contributed by atoms with Gasteiger partial charge in [-0.05, 0) is 35.2 Å². The normalized spacial score (nSPS) is 16.5. The van der Waals surface area contributed by atoms with Crippen molar-refractivity contribution in [3.05, 3.63) is 71.0 Å². The van der Waals surface area contributed by atoms with Crippen LogP contribution in [0.3, 0.4) is 0 Å². The van der Waals surface area contributed by atoms with Gasteiger partial charge in [0.25, 0.3) is 0 Å². The molecule has 1 aliphatic rings. The van der Waals surface area contributed by atoms with Gasteiger partial charge >= 0.3 is 0 Å². The van der Waals surface area contributed by atoms with E-state index in [1.165, 1.54) is 17.2 Å². The predicted octanol–water partition coefficient (Wildman–Crippen LogP) is 2.93. The maximum Gasteiger partial charge on any atom is 0.123 e. The Morgan fingerprint density at radius 1 is 1.10 bits per heavy atom. The molecule has 2 aromatic rings. The van der Waals surface area contributed by atoms with Crippen molar-refractivity contribution in [2.75, 3.05) is 19.6 Å². The summed E-state index contributed by atoms with van der Waals surface area (Å²) >= 11 is 0.